The van der Waals surface area contributed by atoms with Crippen molar-refractivity contribution >= 4 is 0 Å². The molecule has 0 aromatic rings. The molecule has 0 aromatic heterocycles. The lowest BCUT2D eigenvalue weighted by atomic mass is 9.68. The third-order valence-electron chi connectivity index (χ3n) is 4.13. The van der Waals surface area contributed by atoms with Crippen LogP contribution in [0.1, 0.15) is 65.7 Å². The number of aliphatic hydroxyl groups is 1. The average molecular weight is 236 g/mol. The summed E-state index contributed by atoms with van der Waals surface area (Å²) in [5.74, 6) is 0. The van der Waals surface area contributed by atoms with Crippen molar-refractivity contribution in [1.82, 2.24) is 0 Å². The van der Waals surface area contributed by atoms with E-state index in [9.17, 15) is 5.11 Å². The van der Waals surface area contributed by atoms with Crippen LogP contribution < -0.4 is 0 Å². The van der Waals surface area contributed by atoms with Crippen molar-refractivity contribution in [2.45, 2.75) is 71.3 Å². The molecule has 17 heavy (non-hydrogen) atoms. The minimum absolute atomic E-state index is 0.0273. The van der Waals surface area contributed by atoms with E-state index >= 15 is 0 Å². The van der Waals surface area contributed by atoms with Crippen molar-refractivity contribution in [3.05, 3.63) is 24.3 Å². The second-order valence-corrected chi connectivity index (χ2v) is 5.96. The van der Waals surface area contributed by atoms with Gasteiger partial charge in [-0.2, -0.15) is 0 Å². The topological polar surface area (TPSA) is 20.2 Å². The Morgan fingerprint density at radius 2 is 1.82 bits per heavy atom. The van der Waals surface area contributed by atoms with E-state index in [-0.39, 0.29) is 5.41 Å². The maximum Gasteiger partial charge on any atom is 0.0915 e. The third kappa shape index (κ3) is 3.99. The van der Waals surface area contributed by atoms with Gasteiger partial charge in [-0.05, 0) is 18.3 Å². The van der Waals surface area contributed by atoms with Gasteiger partial charge in [0.25, 0.3) is 0 Å². The molecule has 0 spiro atoms. The SMILES string of the molecule is CCCCCCCC(C)(C)C1(O)C=CC=CC1. The highest BCUT2D eigenvalue weighted by Gasteiger charge is 2.40. The number of hydrogen-bond acceptors (Lipinski definition) is 1. The van der Waals surface area contributed by atoms with Crippen molar-refractivity contribution in [2.24, 2.45) is 5.41 Å². The smallest absolute Gasteiger partial charge is 0.0915 e. The highest BCUT2D eigenvalue weighted by Crippen LogP contribution is 2.41. The zero-order valence-electron chi connectivity index (χ0n) is 11.7. The molecule has 1 N–H and O–H groups in total. The molecular weight excluding hydrogens is 208 g/mol. The molecule has 1 aliphatic carbocycles. The lowest BCUT2D eigenvalue weighted by Gasteiger charge is -2.41. The Balaban J connectivity index is 2.39. The first-order valence-electron chi connectivity index (χ1n) is 7.08. The summed E-state index contributed by atoms with van der Waals surface area (Å²) in [6, 6.07) is 0. The van der Waals surface area contributed by atoms with E-state index in [1.807, 2.05) is 18.2 Å². The van der Waals surface area contributed by atoms with Crippen LogP contribution in [-0.2, 0) is 0 Å². The zero-order chi connectivity index (χ0) is 12.8. The van der Waals surface area contributed by atoms with Crippen LogP contribution in [0.5, 0.6) is 0 Å². The summed E-state index contributed by atoms with van der Waals surface area (Å²) in [4.78, 5) is 0. The molecule has 0 bridgehead atoms. The Morgan fingerprint density at radius 3 is 2.41 bits per heavy atom. The summed E-state index contributed by atoms with van der Waals surface area (Å²) in [6.45, 7) is 6.62. The number of allylic oxidation sites excluding steroid dienone is 2. The van der Waals surface area contributed by atoms with Crippen LogP contribution in [0.3, 0.4) is 0 Å². The summed E-state index contributed by atoms with van der Waals surface area (Å²) < 4.78 is 0. The summed E-state index contributed by atoms with van der Waals surface area (Å²) >= 11 is 0. The van der Waals surface area contributed by atoms with E-state index < -0.39 is 5.60 Å². The van der Waals surface area contributed by atoms with Gasteiger partial charge in [-0.3, -0.25) is 0 Å². The Bertz CT molecular complexity index is 275. The number of hydrogen-bond donors (Lipinski definition) is 1. The molecule has 0 heterocycles. The molecule has 98 valence electrons. The van der Waals surface area contributed by atoms with Crippen molar-refractivity contribution in [3.8, 4) is 0 Å². The summed E-state index contributed by atoms with van der Waals surface area (Å²) in [5, 5.41) is 10.7. The lowest BCUT2D eigenvalue weighted by molar-refractivity contribution is -0.0289. The number of unbranched alkanes of at least 4 members (excludes halogenated alkanes) is 4. The number of rotatable bonds is 7. The second kappa shape index (κ2) is 6.39. The molecule has 0 radical (unpaired) electrons. The lowest BCUT2D eigenvalue weighted by Crippen LogP contribution is -2.43. The Hall–Kier alpha value is -0.560. The van der Waals surface area contributed by atoms with Crippen LogP contribution in [0.4, 0.5) is 0 Å². The molecule has 0 saturated carbocycles. The van der Waals surface area contributed by atoms with E-state index in [0.717, 1.165) is 12.8 Å². The van der Waals surface area contributed by atoms with E-state index in [2.05, 4.69) is 26.8 Å². The van der Waals surface area contributed by atoms with Crippen LogP contribution in [0, 0.1) is 5.41 Å². The fraction of sp³-hybridized carbons (Fsp3) is 0.750. The molecule has 1 atom stereocenters. The van der Waals surface area contributed by atoms with Gasteiger partial charge in [0.05, 0.1) is 5.60 Å². The monoisotopic (exact) mass is 236 g/mol. The van der Waals surface area contributed by atoms with Crippen molar-refractivity contribution in [2.75, 3.05) is 0 Å². The highest BCUT2D eigenvalue weighted by molar-refractivity contribution is 5.21. The van der Waals surface area contributed by atoms with Gasteiger partial charge < -0.3 is 5.11 Å². The fourth-order valence-corrected chi connectivity index (χ4v) is 2.50. The molecule has 1 unspecified atom stereocenters. The maximum absolute atomic E-state index is 10.7. The second-order valence-electron chi connectivity index (χ2n) is 5.96. The molecule has 0 aliphatic heterocycles. The average Bonchev–Trinajstić information content (AvgIpc) is 2.29. The van der Waals surface area contributed by atoms with Gasteiger partial charge in [0.1, 0.15) is 0 Å². The van der Waals surface area contributed by atoms with E-state index in [1.54, 1.807) is 0 Å². The van der Waals surface area contributed by atoms with E-state index in [4.69, 9.17) is 0 Å². The minimum atomic E-state index is -0.646. The molecule has 0 saturated heterocycles. The first-order chi connectivity index (χ1) is 8.02. The Kier molecular flexibility index (Phi) is 5.45. The quantitative estimate of drug-likeness (QED) is 0.639. The van der Waals surface area contributed by atoms with Gasteiger partial charge >= 0.3 is 0 Å². The van der Waals surface area contributed by atoms with Crippen LogP contribution in [-0.4, -0.2) is 10.7 Å². The van der Waals surface area contributed by atoms with Gasteiger partial charge in [-0.25, -0.2) is 0 Å². The predicted molar refractivity (Wildman–Crippen MR) is 75.0 cm³/mol. The largest absolute Gasteiger partial charge is 0.385 e. The highest BCUT2D eigenvalue weighted by atomic mass is 16.3. The molecule has 1 nitrogen and oxygen atoms in total. The molecule has 1 aliphatic rings. The maximum atomic E-state index is 10.7. The summed E-state index contributed by atoms with van der Waals surface area (Å²) in [6.07, 6.45) is 16.4. The van der Waals surface area contributed by atoms with E-state index in [1.165, 1.54) is 32.1 Å². The third-order valence-corrected chi connectivity index (χ3v) is 4.13. The van der Waals surface area contributed by atoms with Crippen molar-refractivity contribution in [1.29, 1.82) is 0 Å². The van der Waals surface area contributed by atoms with Gasteiger partial charge in [-0.15, -0.1) is 0 Å². The van der Waals surface area contributed by atoms with Crippen LogP contribution in [0.25, 0.3) is 0 Å². The first kappa shape index (κ1) is 14.5. The molecule has 1 heteroatoms. The van der Waals surface area contributed by atoms with Crippen LogP contribution in [0.2, 0.25) is 0 Å². The minimum Gasteiger partial charge on any atom is -0.385 e. The first-order valence-corrected chi connectivity index (χ1v) is 7.08. The normalized spacial score (nSPS) is 24.2. The Labute approximate surface area is 107 Å². The fourth-order valence-electron chi connectivity index (χ4n) is 2.50. The van der Waals surface area contributed by atoms with Gasteiger partial charge in [0.15, 0.2) is 0 Å². The standard InChI is InChI=1S/C16H28O/c1-4-5-6-7-9-12-15(2,3)16(17)13-10-8-11-14-16/h8,10-11,13,17H,4-7,9,12,14H2,1-3H3. The molecule has 0 amide bonds. The van der Waals surface area contributed by atoms with Crippen molar-refractivity contribution in [3.63, 3.8) is 0 Å². The zero-order valence-corrected chi connectivity index (χ0v) is 11.7. The molecular formula is C16H28O. The van der Waals surface area contributed by atoms with Gasteiger partial charge in [0, 0.05) is 0 Å². The van der Waals surface area contributed by atoms with Crippen LogP contribution in [0.15, 0.2) is 24.3 Å². The van der Waals surface area contributed by atoms with Crippen molar-refractivity contribution < 1.29 is 5.11 Å². The van der Waals surface area contributed by atoms with Gasteiger partial charge in [0.2, 0.25) is 0 Å². The van der Waals surface area contributed by atoms with E-state index in [0.29, 0.717) is 0 Å². The van der Waals surface area contributed by atoms with Crippen LogP contribution >= 0.6 is 0 Å². The summed E-state index contributed by atoms with van der Waals surface area (Å²) in [5.41, 5.74) is -0.674. The summed E-state index contributed by atoms with van der Waals surface area (Å²) in [7, 11) is 0. The Morgan fingerprint density at radius 1 is 1.12 bits per heavy atom. The predicted octanol–water partition coefficient (Wildman–Crippen LogP) is 4.62. The molecule has 0 aromatic carbocycles. The molecule has 1 rings (SSSR count). The molecule has 0 fully saturated rings. The van der Waals surface area contributed by atoms with Gasteiger partial charge in [-0.1, -0.05) is 77.2 Å².